The van der Waals surface area contributed by atoms with Crippen molar-refractivity contribution >= 4 is 23.4 Å². The van der Waals surface area contributed by atoms with Crippen LogP contribution in [0, 0.1) is 0 Å². The highest BCUT2D eigenvalue weighted by Crippen LogP contribution is 2.22. The van der Waals surface area contributed by atoms with Gasteiger partial charge in [0.2, 0.25) is 5.91 Å². The fraction of sp³-hybridized carbons (Fsp3) is 0.360. The number of ether oxygens (including phenoxy) is 1. The molecule has 6 heteroatoms. The van der Waals surface area contributed by atoms with Gasteiger partial charge in [-0.25, -0.2) is 5.01 Å². The predicted molar refractivity (Wildman–Crippen MR) is 117 cm³/mol. The van der Waals surface area contributed by atoms with Crippen molar-refractivity contribution in [1.29, 1.82) is 0 Å². The van der Waals surface area contributed by atoms with Gasteiger partial charge in [0.1, 0.15) is 0 Å². The quantitative estimate of drug-likeness (QED) is 0.507. The Morgan fingerprint density at radius 1 is 0.903 bits per heavy atom. The molecule has 0 saturated heterocycles. The Morgan fingerprint density at radius 3 is 2.48 bits per heavy atom. The first kappa shape index (κ1) is 21.0. The molecule has 0 N–H and O–H groups in total. The van der Waals surface area contributed by atoms with E-state index in [0.29, 0.717) is 18.5 Å². The van der Waals surface area contributed by atoms with E-state index in [-0.39, 0.29) is 31.1 Å². The number of hydrazone groups is 1. The molecular weight excluding hydrogens is 392 g/mol. The second kappa shape index (κ2) is 9.69. The number of amides is 1. The first-order chi connectivity index (χ1) is 15.1. The van der Waals surface area contributed by atoms with Crippen molar-refractivity contribution in [3.8, 4) is 0 Å². The van der Waals surface area contributed by atoms with Crippen LogP contribution >= 0.6 is 0 Å². The summed E-state index contributed by atoms with van der Waals surface area (Å²) in [5.41, 5.74) is 4.96. The maximum atomic E-state index is 12.4. The fourth-order valence-electron chi connectivity index (χ4n) is 4.02. The number of nitrogens with zero attached hydrogens (tertiary/aromatic N) is 2. The number of esters is 1. The van der Waals surface area contributed by atoms with E-state index in [1.807, 2.05) is 42.5 Å². The second-order valence-corrected chi connectivity index (χ2v) is 7.95. The molecule has 0 radical (unpaired) electrons. The summed E-state index contributed by atoms with van der Waals surface area (Å²) >= 11 is 0. The van der Waals surface area contributed by atoms with E-state index in [1.165, 1.54) is 22.6 Å². The molecule has 2 aromatic carbocycles. The maximum absolute atomic E-state index is 12.4. The van der Waals surface area contributed by atoms with Gasteiger partial charge in [0.05, 0.1) is 18.7 Å². The van der Waals surface area contributed by atoms with Crippen LogP contribution in [0.25, 0.3) is 0 Å². The van der Waals surface area contributed by atoms with Crippen LogP contribution in [-0.4, -0.2) is 41.5 Å². The van der Waals surface area contributed by atoms with Crippen molar-refractivity contribution in [2.45, 2.75) is 44.9 Å². The summed E-state index contributed by atoms with van der Waals surface area (Å²) < 4.78 is 5.11. The van der Waals surface area contributed by atoms with Crippen molar-refractivity contribution in [1.82, 2.24) is 5.01 Å². The molecule has 0 unspecified atom stereocenters. The minimum Gasteiger partial charge on any atom is -0.457 e. The van der Waals surface area contributed by atoms with Crippen molar-refractivity contribution in [3.05, 3.63) is 70.8 Å². The highest BCUT2D eigenvalue weighted by molar-refractivity contribution is 6.02. The molecule has 1 aliphatic heterocycles. The number of hydrogen-bond donors (Lipinski definition) is 0. The van der Waals surface area contributed by atoms with E-state index >= 15 is 0 Å². The van der Waals surface area contributed by atoms with E-state index in [4.69, 9.17) is 4.74 Å². The summed E-state index contributed by atoms with van der Waals surface area (Å²) in [7, 11) is 0. The zero-order chi connectivity index (χ0) is 21.6. The maximum Gasteiger partial charge on any atom is 0.306 e. The fourth-order valence-corrected chi connectivity index (χ4v) is 4.02. The minimum absolute atomic E-state index is 0.0113. The summed E-state index contributed by atoms with van der Waals surface area (Å²) in [5.74, 6) is -0.986. The van der Waals surface area contributed by atoms with Gasteiger partial charge in [0.25, 0.3) is 0 Å². The molecule has 1 aliphatic carbocycles. The molecule has 1 heterocycles. The number of ketones is 1. The summed E-state index contributed by atoms with van der Waals surface area (Å²) in [4.78, 5) is 36.8. The normalized spacial score (nSPS) is 15.2. The molecule has 2 aromatic rings. The second-order valence-electron chi connectivity index (χ2n) is 7.95. The van der Waals surface area contributed by atoms with Gasteiger partial charge in [-0.2, -0.15) is 5.10 Å². The number of carbonyl (C=O) groups is 3. The van der Waals surface area contributed by atoms with Crippen LogP contribution in [0.2, 0.25) is 0 Å². The lowest BCUT2D eigenvalue weighted by atomic mass is 9.90. The molecular formula is C25H26N2O4. The molecule has 0 fully saturated rings. The number of rotatable bonds is 7. The Hall–Kier alpha value is -3.28. The standard InChI is InChI=1S/C25H26N2O4/c28-23(21-11-10-18-6-4-5-9-20(18)16-21)17-31-25(30)13-12-24(29)27-15-14-22(26-27)19-7-2-1-3-8-19/h1-3,7-8,10-11,16H,4-6,9,12-15,17H2. The monoisotopic (exact) mass is 418 g/mol. The molecule has 2 aliphatic rings. The van der Waals surface area contributed by atoms with Crippen LogP contribution in [0.5, 0.6) is 0 Å². The van der Waals surface area contributed by atoms with Crippen LogP contribution in [0.4, 0.5) is 0 Å². The lowest BCUT2D eigenvalue weighted by Gasteiger charge is -2.16. The van der Waals surface area contributed by atoms with Crippen LogP contribution in [-0.2, 0) is 27.2 Å². The Bertz CT molecular complexity index is 1010. The smallest absolute Gasteiger partial charge is 0.306 e. The Kier molecular flexibility index (Phi) is 6.55. The average Bonchev–Trinajstić information content (AvgIpc) is 3.32. The first-order valence-electron chi connectivity index (χ1n) is 10.8. The largest absolute Gasteiger partial charge is 0.457 e. The highest BCUT2D eigenvalue weighted by Gasteiger charge is 2.22. The van der Waals surface area contributed by atoms with Gasteiger partial charge in [0, 0.05) is 18.4 Å². The number of carbonyl (C=O) groups excluding carboxylic acids is 3. The Morgan fingerprint density at radius 2 is 1.68 bits per heavy atom. The van der Waals surface area contributed by atoms with Crippen molar-refractivity contribution in [2.75, 3.05) is 13.2 Å². The van der Waals surface area contributed by atoms with Crippen molar-refractivity contribution in [3.63, 3.8) is 0 Å². The van der Waals surface area contributed by atoms with Crippen LogP contribution in [0.1, 0.15) is 59.2 Å². The third-order valence-electron chi connectivity index (χ3n) is 5.77. The molecule has 31 heavy (non-hydrogen) atoms. The predicted octanol–water partition coefficient (Wildman–Crippen LogP) is 3.71. The summed E-state index contributed by atoms with van der Waals surface area (Å²) in [5, 5.41) is 5.79. The highest BCUT2D eigenvalue weighted by atomic mass is 16.5. The van der Waals surface area contributed by atoms with Gasteiger partial charge in [-0.05, 0) is 48.4 Å². The minimum atomic E-state index is -0.550. The molecule has 0 atom stereocenters. The number of fused-ring (bicyclic) bond motifs is 1. The molecule has 6 nitrogen and oxygen atoms in total. The summed E-state index contributed by atoms with van der Waals surface area (Å²) in [6, 6.07) is 15.5. The van der Waals surface area contributed by atoms with E-state index in [1.54, 1.807) is 6.07 Å². The zero-order valence-electron chi connectivity index (χ0n) is 17.5. The summed E-state index contributed by atoms with van der Waals surface area (Å²) in [6.45, 7) is 0.209. The Balaban J connectivity index is 1.23. The topological polar surface area (TPSA) is 76.0 Å². The molecule has 160 valence electrons. The molecule has 0 saturated carbocycles. The number of benzene rings is 2. The lowest BCUT2D eigenvalue weighted by Crippen LogP contribution is -2.24. The lowest BCUT2D eigenvalue weighted by molar-refractivity contribution is -0.145. The average molecular weight is 418 g/mol. The van der Waals surface area contributed by atoms with Crippen LogP contribution < -0.4 is 0 Å². The molecule has 0 spiro atoms. The zero-order valence-corrected chi connectivity index (χ0v) is 17.5. The van der Waals surface area contributed by atoms with Crippen LogP contribution in [0.3, 0.4) is 0 Å². The molecule has 0 bridgehead atoms. The van der Waals surface area contributed by atoms with E-state index < -0.39 is 5.97 Å². The molecule has 1 amide bonds. The van der Waals surface area contributed by atoms with E-state index in [0.717, 1.165) is 30.5 Å². The Labute approximate surface area is 181 Å². The van der Waals surface area contributed by atoms with Crippen molar-refractivity contribution in [2.24, 2.45) is 5.10 Å². The first-order valence-corrected chi connectivity index (χ1v) is 10.8. The third kappa shape index (κ3) is 5.26. The number of aryl methyl sites for hydroxylation is 2. The third-order valence-corrected chi connectivity index (χ3v) is 5.77. The molecule has 0 aromatic heterocycles. The van der Waals surface area contributed by atoms with Gasteiger partial charge in [0.15, 0.2) is 12.4 Å². The number of Topliss-reactive ketones (excluding diaryl/α,β-unsaturated/α-hetero) is 1. The van der Waals surface area contributed by atoms with E-state index in [9.17, 15) is 14.4 Å². The van der Waals surface area contributed by atoms with Crippen LogP contribution in [0.15, 0.2) is 53.6 Å². The molecule has 4 rings (SSSR count). The van der Waals surface area contributed by atoms with Gasteiger partial charge in [-0.15, -0.1) is 0 Å². The van der Waals surface area contributed by atoms with Gasteiger partial charge < -0.3 is 4.74 Å². The van der Waals surface area contributed by atoms with Gasteiger partial charge >= 0.3 is 5.97 Å². The van der Waals surface area contributed by atoms with E-state index in [2.05, 4.69) is 5.10 Å². The SMILES string of the molecule is O=C(CCC(=O)N1CCC(c2ccccc2)=N1)OCC(=O)c1ccc2c(c1)CCCC2. The summed E-state index contributed by atoms with van der Waals surface area (Å²) in [6.07, 6.45) is 5.01. The van der Waals surface area contributed by atoms with Gasteiger partial charge in [-0.3, -0.25) is 14.4 Å². The van der Waals surface area contributed by atoms with Gasteiger partial charge in [-0.1, -0.05) is 42.5 Å². The van der Waals surface area contributed by atoms with Crippen molar-refractivity contribution < 1.29 is 19.1 Å². The number of hydrogen-bond acceptors (Lipinski definition) is 5.